The van der Waals surface area contributed by atoms with Crippen LogP contribution in [0.5, 0.6) is 11.5 Å². The van der Waals surface area contributed by atoms with Gasteiger partial charge in [-0.05, 0) is 36.4 Å². The Bertz CT molecular complexity index is 982. The lowest BCUT2D eigenvalue weighted by atomic mass is 10.2. The maximum atomic E-state index is 12.0. The summed E-state index contributed by atoms with van der Waals surface area (Å²) in [5.41, 5.74) is 1.14. The fourth-order valence-corrected chi connectivity index (χ4v) is 2.72. The lowest BCUT2D eigenvalue weighted by Gasteiger charge is -2.05. The Hall–Kier alpha value is -3.51. The highest BCUT2D eigenvalue weighted by Crippen LogP contribution is 2.21. The molecule has 0 saturated carbocycles. The lowest BCUT2D eigenvalue weighted by Crippen LogP contribution is -2.13. The summed E-state index contributed by atoms with van der Waals surface area (Å²) < 4.78 is 16.2. The molecular formula is C19H16N4O4S. The summed E-state index contributed by atoms with van der Waals surface area (Å²) in [5, 5.41) is 19.6. The number of amides is 1. The zero-order valence-corrected chi connectivity index (χ0v) is 15.7. The van der Waals surface area contributed by atoms with Crippen molar-refractivity contribution in [1.82, 2.24) is 10.2 Å². The van der Waals surface area contributed by atoms with Crippen molar-refractivity contribution >= 4 is 23.4 Å². The van der Waals surface area contributed by atoms with Gasteiger partial charge in [0.15, 0.2) is 6.61 Å². The minimum Gasteiger partial charge on any atom is -0.497 e. The molecule has 0 radical (unpaired) electrons. The highest BCUT2D eigenvalue weighted by molar-refractivity contribution is 7.99. The minimum atomic E-state index is -0.220. The summed E-state index contributed by atoms with van der Waals surface area (Å²) in [5.74, 6) is 1.50. The molecule has 0 aliphatic rings. The van der Waals surface area contributed by atoms with E-state index in [4.69, 9.17) is 19.2 Å². The van der Waals surface area contributed by atoms with Crippen LogP contribution in [0.25, 0.3) is 0 Å². The van der Waals surface area contributed by atoms with E-state index in [9.17, 15) is 4.79 Å². The second-order valence-electron chi connectivity index (χ2n) is 5.46. The van der Waals surface area contributed by atoms with Gasteiger partial charge in [0.2, 0.25) is 5.91 Å². The lowest BCUT2D eigenvalue weighted by molar-refractivity contribution is -0.113. The largest absolute Gasteiger partial charge is 0.497 e. The number of methoxy groups -OCH3 is 1. The van der Waals surface area contributed by atoms with E-state index >= 15 is 0 Å². The van der Waals surface area contributed by atoms with Crippen LogP contribution < -0.4 is 14.8 Å². The van der Waals surface area contributed by atoms with Gasteiger partial charge < -0.3 is 19.2 Å². The van der Waals surface area contributed by atoms with Crippen LogP contribution in [0.2, 0.25) is 0 Å². The quantitative estimate of drug-likeness (QED) is 0.578. The number of carbonyl (C=O) groups is 1. The molecule has 2 aromatic carbocycles. The van der Waals surface area contributed by atoms with Crippen molar-refractivity contribution in [2.24, 2.45) is 0 Å². The SMILES string of the molecule is COc1cccc(OCc2nnc(SCC(=O)Nc3ccc(C#N)cc3)o2)c1. The van der Waals surface area contributed by atoms with E-state index in [0.29, 0.717) is 28.6 Å². The molecule has 0 atom stereocenters. The van der Waals surface area contributed by atoms with Gasteiger partial charge in [0.25, 0.3) is 11.1 Å². The zero-order valence-electron chi connectivity index (χ0n) is 14.9. The molecule has 1 N–H and O–H groups in total. The molecule has 1 aromatic heterocycles. The van der Waals surface area contributed by atoms with E-state index < -0.39 is 0 Å². The van der Waals surface area contributed by atoms with Crippen LogP contribution in [0.1, 0.15) is 11.5 Å². The Kier molecular flexibility index (Phi) is 6.49. The third-order valence-corrected chi connectivity index (χ3v) is 4.29. The molecule has 0 bridgehead atoms. The smallest absolute Gasteiger partial charge is 0.277 e. The molecule has 28 heavy (non-hydrogen) atoms. The van der Waals surface area contributed by atoms with Crippen molar-refractivity contribution in [3.8, 4) is 17.6 Å². The topological polar surface area (TPSA) is 110 Å². The van der Waals surface area contributed by atoms with Gasteiger partial charge in [-0.3, -0.25) is 4.79 Å². The standard InChI is InChI=1S/C19H16N4O4S/c1-25-15-3-2-4-16(9-15)26-11-18-22-23-19(27-18)28-12-17(24)21-14-7-5-13(10-20)6-8-14/h2-9H,11-12H2,1H3,(H,21,24). The van der Waals surface area contributed by atoms with Crippen molar-refractivity contribution in [3.63, 3.8) is 0 Å². The molecule has 1 amide bonds. The number of aromatic nitrogens is 2. The number of nitrogens with zero attached hydrogens (tertiary/aromatic N) is 3. The highest BCUT2D eigenvalue weighted by Gasteiger charge is 2.11. The Labute approximate surface area is 165 Å². The summed E-state index contributed by atoms with van der Waals surface area (Å²) in [6, 6.07) is 15.8. The molecular weight excluding hydrogens is 380 g/mol. The molecule has 3 rings (SSSR count). The Morgan fingerprint density at radius 2 is 2.00 bits per heavy atom. The molecule has 0 aliphatic carbocycles. The van der Waals surface area contributed by atoms with Crippen LogP contribution in [-0.2, 0) is 11.4 Å². The van der Waals surface area contributed by atoms with Crippen molar-refractivity contribution < 1.29 is 18.7 Å². The van der Waals surface area contributed by atoms with Gasteiger partial charge in [-0.25, -0.2) is 0 Å². The van der Waals surface area contributed by atoms with Gasteiger partial charge in [-0.1, -0.05) is 17.8 Å². The summed E-state index contributed by atoms with van der Waals surface area (Å²) in [7, 11) is 1.58. The van der Waals surface area contributed by atoms with Gasteiger partial charge in [0, 0.05) is 11.8 Å². The molecule has 8 nitrogen and oxygen atoms in total. The number of hydrogen-bond acceptors (Lipinski definition) is 8. The molecule has 9 heteroatoms. The van der Waals surface area contributed by atoms with Crippen molar-refractivity contribution in [2.45, 2.75) is 11.8 Å². The van der Waals surface area contributed by atoms with Crippen LogP contribution in [0.3, 0.4) is 0 Å². The zero-order chi connectivity index (χ0) is 19.8. The van der Waals surface area contributed by atoms with Crippen LogP contribution in [0, 0.1) is 11.3 Å². The minimum absolute atomic E-state index is 0.109. The summed E-state index contributed by atoms with van der Waals surface area (Å²) in [4.78, 5) is 12.0. The molecule has 0 aliphatic heterocycles. The maximum Gasteiger partial charge on any atom is 0.277 e. The number of thioether (sulfide) groups is 1. The van der Waals surface area contributed by atoms with E-state index in [1.165, 1.54) is 0 Å². The van der Waals surface area contributed by atoms with E-state index in [1.54, 1.807) is 43.5 Å². The average Bonchev–Trinajstić information content (AvgIpc) is 3.19. The summed E-state index contributed by atoms with van der Waals surface area (Å²) >= 11 is 1.12. The number of ether oxygens (including phenoxy) is 2. The molecule has 142 valence electrons. The first-order valence-electron chi connectivity index (χ1n) is 8.18. The van der Waals surface area contributed by atoms with E-state index in [1.807, 2.05) is 18.2 Å². The van der Waals surface area contributed by atoms with Gasteiger partial charge >= 0.3 is 0 Å². The Morgan fingerprint density at radius 3 is 2.75 bits per heavy atom. The van der Waals surface area contributed by atoms with Crippen molar-refractivity contribution in [2.75, 3.05) is 18.2 Å². The Balaban J connectivity index is 1.46. The second kappa shape index (κ2) is 9.43. The van der Waals surface area contributed by atoms with Gasteiger partial charge in [0.05, 0.1) is 24.5 Å². The van der Waals surface area contributed by atoms with Crippen LogP contribution >= 0.6 is 11.8 Å². The number of carbonyl (C=O) groups excluding carboxylic acids is 1. The summed E-state index contributed by atoms with van der Waals surface area (Å²) in [6.07, 6.45) is 0. The summed E-state index contributed by atoms with van der Waals surface area (Å²) in [6.45, 7) is 0.109. The fourth-order valence-electron chi connectivity index (χ4n) is 2.14. The monoisotopic (exact) mass is 396 g/mol. The first kappa shape index (κ1) is 19.3. The third-order valence-electron chi connectivity index (χ3n) is 3.48. The molecule has 0 fully saturated rings. The second-order valence-corrected chi connectivity index (χ2v) is 6.38. The van der Waals surface area contributed by atoms with Crippen LogP contribution in [0.4, 0.5) is 5.69 Å². The fraction of sp³-hybridized carbons (Fsp3) is 0.158. The number of hydrogen-bond donors (Lipinski definition) is 1. The van der Waals surface area contributed by atoms with E-state index in [2.05, 4.69) is 15.5 Å². The maximum absolute atomic E-state index is 12.0. The molecule has 0 saturated heterocycles. The molecule has 1 heterocycles. The van der Waals surface area contributed by atoms with Gasteiger partial charge in [-0.2, -0.15) is 5.26 Å². The molecule has 0 spiro atoms. The van der Waals surface area contributed by atoms with E-state index in [-0.39, 0.29) is 23.5 Å². The average molecular weight is 396 g/mol. The van der Waals surface area contributed by atoms with Gasteiger partial charge in [-0.15, -0.1) is 10.2 Å². The number of rotatable bonds is 8. The first-order chi connectivity index (χ1) is 13.7. The third kappa shape index (κ3) is 5.49. The van der Waals surface area contributed by atoms with Gasteiger partial charge in [0.1, 0.15) is 11.5 Å². The normalized spacial score (nSPS) is 10.1. The predicted molar refractivity (Wildman–Crippen MR) is 102 cm³/mol. The van der Waals surface area contributed by atoms with E-state index in [0.717, 1.165) is 11.8 Å². The first-order valence-corrected chi connectivity index (χ1v) is 9.17. The van der Waals surface area contributed by atoms with Crippen LogP contribution in [-0.4, -0.2) is 29.0 Å². The highest BCUT2D eigenvalue weighted by atomic mass is 32.2. The number of nitriles is 1. The van der Waals surface area contributed by atoms with Crippen LogP contribution in [0.15, 0.2) is 58.2 Å². The number of anilines is 1. The number of nitrogens with one attached hydrogen (secondary N) is 1. The van der Waals surface area contributed by atoms with Crippen molar-refractivity contribution in [3.05, 3.63) is 60.0 Å². The predicted octanol–water partition coefficient (Wildman–Crippen LogP) is 3.26. The number of benzene rings is 2. The molecule has 3 aromatic rings. The van der Waals surface area contributed by atoms with Crippen molar-refractivity contribution in [1.29, 1.82) is 5.26 Å². The Morgan fingerprint density at radius 1 is 1.21 bits per heavy atom. The molecule has 0 unspecified atom stereocenters.